The number of hydrogen-bond acceptors (Lipinski definition) is 3. The lowest BCUT2D eigenvalue weighted by atomic mass is 10.1. The van der Waals surface area contributed by atoms with E-state index in [1.807, 2.05) is 16.3 Å². The Morgan fingerprint density at radius 3 is 3.05 bits per heavy atom. The Bertz CT molecular complexity index is 507. The molecule has 1 saturated heterocycles. The smallest absolute Gasteiger partial charge is 0.328 e. The molecule has 1 aromatic heterocycles. The first kappa shape index (κ1) is 13.8. The van der Waals surface area contributed by atoms with Crippen LogP contribution in [-0.4, -0.2) is 28.4 Å². The summed E-state index contributed by atoms with van der Waals surface area (Å²) in [4.78, 5) is 25.2. The lowest BCUT2D eigenvalue weighted by Crippen LogP contribution is -2.23. The van der Waals surface area contributed by atoms with Gasteiger partial charge in [0.2, 0.25) is 5.91 Å². The van der Waals surface area contributed by atoms with Gasteiger partial charge < -0.3 is 10.0 Å². The highest BCUT2D eigenvalue weighted by Crippen LogP contribution is 2.25. The predicted molar refractivity (Wildman–Crippen MR) is 74.8 cm³/mol. The largest absolute Gasteiger partial charge is 0.478 e. The average Bonchev–Trinajstić information content (AvgIpc) is 2.95. The van der Waals surface area contributed by atoms with Gasteiger partial charge in [0.1, 0.15) is 0 Å². The zero-order valence-corrected chi connectivity index (χ0v) is 11.7. The number of thiophene rings is 1. The van der Waals surface area contributed by atoms with E-state index in [1.165, 1.54) is 0 Å². The molecule has 0 aliphatic carbocycles. The Hall–Kier alpha value is -1.62. The Labute approximate surface area is 116 Å². The summed E-state index contributed by atoms with van der Waals surface area (Å²) < 4.78 is 0. The van der Waals surface area contributed by atoms with E-state index in [2.05, 4.69) is 6.92 Å². The predicted octanol–water partition coefficient (Wildman–Crippen LogP) is 2.60. The number of hydrogen-bond donors (Lipinski definition) is 1. The van der Waals surface area contributed by atoms with Crippen LogP contribution in [0.1, 0.15) is 30.2 Å². The number of carboxylic acids is 1. The third kappa shape index (κ3) is 3.67. The van der Waals surface area contributed by atoms with Gasteiger partial charge in [-0.15, -0.1) is 11.3 Å². The normalized spacial score (nSPS) is 19.5. The van der Waals surface area contributed by atoms with Crippen molar-refractivity contribution in [2.24, 2.45) is 5.92 Å². The first-order valence-electron chi connectivity index (χ1n) is 6.34. The third-order valence-corrected chi connectivity index (χ3v) is 4.25. The van der Waals surface area contributed by atoms with Crippen LogP contribution in [0, 0.1) is 5.92 Å². The number of amides is 1. The number of carboxylic acid groups (broad SMARTS) is 1. The average molecular weight is 279 g/mol. The topological polar surface area (TPSA) is 57.6 Å². The number of likely N-dealkylation sites (tertiary alicyclic amines) is 1. The summed E-state index contributed by atoms with van der Waals surface area (Å²) in [6, 6.07) is 1.94. The molecule has 4 nitrogen and oxygen atoms in total. The van der Waals surface area contributed by atoms with E-state index in [0.717, 1.165) is 29.5 Å². The van der Waals surface area contributed by atoms with Crippen molar-refractivity contribution in [1.82, 2.24) is 4.90 Å². The Kier molecular flexibility index (Phi) is 4.37. The molecule has 19 heavy (non-hydrogen) atoms. The third-order valence-electron chi connectivity index (χ3n) is 3.31. The minimum atomic E-state index is -0.951. The van der Waals surface area contributed by atoms with Crippen molar-refractivity contribution in [3.63, 3.8) is 0 Å². The molecule has 102 valence electrons. The van der Waals surface area contributed by atoms with Gasteiger partial charge in [-0.25, -0.2) is 4.79 Å². The second-order valence-electron chi connectivity index (χ2n) is 4.77. The van der Waals surface area contributed by atoms with Crippen LogP contribution in [0.15, 0.2) is 17.5 Å². The van der Waals surface area contributed by atoms with E-state index < -0.39 is 5.97 Å². The summed E-state index contributed by atoms with van der Waals surface area (Å²) in [5.41, 5.74) is 0.876. The first-order chi connectivity index (χ1) is 9.08. The lowest BCUT2D eigenvalue weighted by Gasteiger charge is -2.14. The quantitative estimate of drug-likeness (QED) is 0.843. The van der Waals surface area contributed by atoms with Crippen LogP contribution in [0.3, 0.4) is 0 Å². The molecular formula is C14H17NO3S. The molecule has 1 amide bonds. The van der Waals surface area contributed by atoms with Gasteiger partial charge in [-0.2, -0.15) is 0 Å². The summed E-state index contributed by atoms with van der Waals surface area (Å²) in [6.07, 6.45) is 4.40. The molecule has 0 spiro atoms. The maximum Gasteiger partial charge on any atom is 0.328 e. The summed E-state index contributed by atoms with van der Waals surface area (Å²) in [5, 5.41) is 10.5. The van der Waals surface area contributed by atoms with Crippen LogP contribution in [0.4, 0.5) is 0 Å². The van der Waals surface area contributed by atoms with Crippen molar-refractivity contribution in [1.29, 1.82) is 0 Å². The standard InChI is InChI=1S/C14H17NO3S/c1-2-10-6-13(16)15(7-10)8-12-5-11(9-19-12)3-4-14(17)18/h3-5,9-10H,2,6-8H2,1H3,(H,17,18). The monoisotopic (exact) mass is 279 g/mol. The van der Waals surface area contributed by atoms with E-state index in [1.54, 1.807) is 17.4 Å². The Morgan fingerprint density at radius 2 is 2.42 bits per heavy atom. The Balaban J connectivity index is 1.97. The SMILES string of the molecule is CCC1CC(=O)N(Cc2cc(C=CC(=O)O)cs2)C1. The number of nitrogens with zero attached hydrogens (tertiary/aromatic N) is 1. The van der Waals surface area contributed by atoms with Gasteiger partial charge >= 0.3 is 5.97 Å². The van der Waals surface area contributed by atoms with Crippen LogP contribution < -0.4 is 0 Å². The van der Waals surface area contributed by atoms with Crippen LogP contribution >= 0.6 is 11.3 Å². The highest BCUT2D eigenvalue weighted by molar-refractivity contribution is 7.10. The molecule has 2 heterocycles. The van der Waals surface area contributed by atoms with E-state index in [-0.39, 0.29) is 5.91 Å². The van der Waals surface area contributed by atoms with Crippen LogP contribution in [0.5, 0.6) is 0 Å². The molecule has 0 aromatic carbocycles. The van der Waals surface area contributed by atoms with Gasteiger partial charge in [0.05, 0.1) is 6.54 Å². The van der Waals surface area contributed by atoms with E-state index in [0.29, 0.717) is 18.9 Å². The minimum absolute atomic E-state index is 0.225. The van der Waals surface area contributed by atoms with Gasteiger partial charge in [0, 0.05) is 23.9 Å². The maximum absolute atomic E-state index is 11.8. The summed E-state index contributed by atoms with van der Waals surface area (Å²) in [5.74, 6) is -0.241. The lowest BCUT2D eigenvalue weighted by molar-refractivity contribution is -0.131. The number of carbonyl (C=O) groups is 2. The fourth-order valence-electron chi connectivity index (χ4n) is 2.20. The molecule has 0 bridgehead atoms. The molecule has 1 atom stereocenters. The molecule has 1 N–H and O–H groups in total. The fraction of sp³-hybridized carbons (Fsp3) is 0.429. The summed E-state index contributed by atoms with van der Waals surface area (Å²) >= 11 is 1.56. The van der Waals surface area contributed by atoms with Gasteiger partial charge in [-0.1, -0.05) is 13.3 Å². The van der Waals surface area contributed by atoms with Crippen molar-refractivity contribution >= 4 is 29.3 Å². The number of carbonyl (C=O) groups excluding carboxylic acids is 1. The van der Waals surface area contributed by atoms with E-state index in [4.69, 9.17) is 5.11 Å². The molecule has 0 saturated carbocycles. The van der Waals surface area contributed by atoms with Gasteiger partial charge in [0.25, 0.3) is 0 Å². The van der Waals surface area contributed by atoms with Crippen molar-refractivity contribution in [2.45, 2.75) is 26.3 Å². The molecule has 1 fully saturated rings. The maximum atomic E-state index is 11.8. The van der Waals surface area contributed by atoms with Crippen molar-refractivity contribution < 1.29 is 14.7 Å². The minimum Gasteiger partial charge on any atom is -0.478 e. The van der Waals surface area contributed by atoms with Crippen LogP contribution in [0.25, 0.3) is 6.08 Å². The first-order valence-corrected chi connectivity index (χ1v) is 7.22. The second-order valence-corrected chi connectivity index (χ2v) is 5.77. The molecule has 1 aliphatic heterocycles. The highest BCUT2D eigenvalue weighted by Gasteiger charge is 2.28. The highest BCUT2D eigenvalue weighted by atomic mass is 32.1. The fourth-order valence-corrected chi connectivity index (χ4v) is 3.07. The molecule has 2 rings (SSSR count). The van der Waals surface area contributed by atoms with Crippen molar-refractivity contribution in [2.75, 3.05) is 6.54 Å². The molecule has 1 aromatic rings. The zero-order valence-electron chi connectivity index (χ0n) is 10.8. The van der Waals surface area contributed by atoms with E-state index in [9.17, 15) is 9.59 Å². The molecule has 1 aliphatic rings. The van der Waals surface area contributed by atoms with E-state index >= 15 is 0 Å². The van der Waals surface area contributed by atoms with Gasteiger partial charge in [-0.05, 0) is 29.0 Å². The second kappa shape index (κ2) is 6.02. The van der Waals surface area contributed by atoms with Crippen LogP contribution in [-0.2, 0) is 16.1 Å². The zero-order chi connectivity index (χ0) is 13.8. The number of rotatable bonds is 5. The van der Waals surface area contributed by atoms with Crippen molar-refractivity contribution in [3.8, 4) is 0 Å². The van der Waals surface area contributed by atoms with Gasteiger partial charge in [0.15, 0.2) is 0 Å². The van der Waals surface area contributed by atoms with Crippen LogP contribution in [0.2, 0.25) is 0 Å². The molecule has 1 unspecified atom stereocenters. The Morgan fingerprint density at radius 1 is 1.63 bits per heavy atom. The van der Waals surface area contributed by atoms with Crippen molar-refractivity contribution in [3.05, 3.63) is 28.0 Å². The number of aliphatic carboxylic acids is 1. The summed E-state index contributed by atoms with van der Waals surface area (Å²) in [6.45, 7) is 3.59. The summed E-state index contributed by atoms with van der Waals surface area (Å²) in [7, 11) is 0. The van der Waals surface area contributed by atoms with Gasteiger partial charge in [-0.3, -0.25) is 4.79 Å². The molecule has 0 radical (unpaired) electrons. The molecule has 5 heteroatoms. The molecular weight excluding hydrogens is 262 g/mol.